The van der Waals surface area contributed by atoms with Gasteiger partial charge in [0.2, 0.25) is 0 Å². The van der Waals surface area contributed by atoms with Gasteiger partial charge in [0.1, 0.15) is 5.82 Å². The molecule has 2 rings (SSSR count). The van der Waals surface area contributed by atoms with Crippen LogP contribution in [0.5, 0.6) is 0 Å². The summed E-state index contributed by atoms with van der Waals surface area (Å²) >= 11 is 3.41. The highest BCUT2D eigenvalue weighted by molar-refractivity contribution is 9.10. The van der Waals surface area contributed by atoms with Crippen LogP contribution in [0.2, 0.25) is 0 Å². The summed E-state index contributed by atoms with van der Waals surface area (Å²) in [5, 5.41) is 3.25. The number of aromatic amines is 1. The normalized spacial score (nSPS) is 10.9. The van der Waals surface area contributed by atoms with Crippen LogP contribution in [0.3, 0.4) is 0 Å². The molecule has 0 aliphatic heterocycles. The monoisotopic (exact) mass is 321 g/mol. The first-order valence-corrected chi connectivity index (χ1v) is 6.93. The quantitative estimate of drug-likeness (QED) is 0.910. The maximum atomic E-state index is 11.7. The number of aromatic nitrogens is 2. The molecule has 0 atom stereocenters. The summed E-state index contributed by atoms with van der Waals surface area (Å²) in [6, 6.07) is 9.58. The topological polar surface area (TPSA) is 57.8 Å². The molecule has 4 nitrogen and oxygen atoms in total. The van der Waals surface area contributed by atoms with Crippen molar-refractivity contribution in [3.8, 4) is 11.4 Å². The minimum atomic E-state index is -0.134. The van der Waals surface area contributed by atoms with Crippen molar-refractivity contribution in [1.82, 2.24) is 15.3 Å². The van der Waals surface area contributed by atoms with Gasteiger partial charge in [0.15, 0.2) is 0 Å². The summed E-state index contributed by atoms with van der Waals surface area (Å²) in [5.41, 5.74) is 1.50. The van der Waals surface area contributed by atoms with Crippen LogP contribution in [0.15, 0.2) is 39.6 Å². The molecule has 1 heterocycles. The Bertz CT molecular complexity index is 622. The van der Waals surface area contributed by atoms with Crippen molar-refractivity contribution in [2.75, 3.05) is 0 Å². The van der Waals surface area contributed by atoms with E-state index in [1.807, 2.05) is 24.3 Å². The minimum Gasteiger partial charge on any atom is -0.309 e. The van der Waals surface area contributed by atoms with Crippen LogP contribution in [0.25, 0.3) is 11.4 Å². The van der Waals surface area contributed by atoms with Gasteiger partial charge in [0.25, 0.3) is 5.56 Å². The first kappa shape index (κ1) is 14.0. The molecular weight excluding hydrogens is 306 g/mol. The van der Waals surface area contributed by atoms with Crippen molar-refractivity contribution < 1.29 is 0 Å². The number of halogens is 1. The smallest absolute Gasteiger partial charge is 0.251 e. The molecule has 0 bridgehead atoms. The van der Waals surface area contributed by atoms with E-state index in [1.54, 1.807) is 0 Å². The first-order chi connectivity index (χ1) is 9.04. The lowest BCUT2D eigenvalue weighted by molar-refractivity contribution is 0.580. The van der Waals surface area contributed by atoms with Crippen molar-refractivity contribution in [1.29, 1.82) is 0 Å². The molecule has 1 aromatic heterocycles. The second-order valence-corrected chi connectivity index (χ2v) is 5.55. The molecular formula is C14H16BrN3O. The molecule has 0 radical (unpaired) electrons. The van der Waals surface area contributed by atoms with Gasteiger partial charge in [0, 0.05) is 28.7 Å². The second-order valence-electron chi connectivity index (χ2n) is 4.63. The van der Waals surface area contributed by atoms with Gasteiger partial charge in [-0.15, -0.1) is 0 Å². The van der Waals surface area contributed by atoms with Crippen molar-refractivity contribution in [2.45, 2.75) is 26.4 Å². The molecule has 0 aliphatic carbocycles. The van der Waals surface area contributed by atoms with E-state index in [-0.39, 0.29) is 5.56 Å². The van der Waals surface area contributed by atoms with Crippen molar-refractivity contribution in [3.05, 3.63) is 50.9 Å². The predicted molar refractivity (Wildman–Crippen MR) is 80.0 cm³/mol. The predicted octanol–water partition coefficient (Wildman–Crippen LogP) is 2.70. The van der Waals surface area contributed by atoms with E-state index in [0.29, 0.717) is 18.4 Å². The van der Waals surface area contributed by atoms with Crippen molar-refractivity contribution >= 4 is 15.9 Å². The van der Waals surface area contributed by atoms with Gasteiger partial charge in [-0.25, -0.2) is 4.98 Å². The number of hydrogen-bond donors (Lipinski definition) is 2. The van der Waals surface area contributed by atoms with Gasteiger partial charge >= 0.3 is 0 Å². The largest absolute Gasteiger partial charge is 0.309 e. The fourth-order valence-electron chi connectivity index (χ4n) is 1.68. The van der Waals surface area contributed by atoms with E-state index >= 15 is 0 Å². The molecule has 2 aromatic rings. The highest BCUT2D eigenvalue weighted by atomic mass is 79.9. The molecule has 100 valence electrons. The average Bonchev–Trinajstić information content (AvgIpc) is 2.36. The highest BCUT2D eigenvalue weighted by Gasteiger charge is 2.05. The van der Waals surface area contributed by atoms with Gasteiger partial charge in [-0.1, -0.05) is 41.9 Å². The molecule has 1 aromatic carbocycles. The Morgan fingerprint density at radius 1 is 1.37 bits per heavy atom. The Balaban J connectivity index is 2.33. The van der Waals surface area contributed by atoms with Gasteiger partial charge in [0.05, 0.1) is 5.69 Å². The summed E-state index contributed by atoms with van der Waals surface area (Å²) in [6.45, 7) is 4.70. The van der Waals surface area contributed by atoms with Crippen LogP contribution in [0.1, 0.15) is 19.5 Å². The molecule has 19 heavy (non-hydrogen) atoms. The summed E-state index contributed by atoms with van der Waals surface area (Å²) in [4.78, 5) is 18.9. The van der Waals surface area contributed by atoms with E-state index in [0.717, 1.165) is 15.7 Å². The molecule has 0 saturated carbocycles. The van der Waals surface area contributed by atoms with Gasteiger partial charge in [-0.2, -0.15) is 0 Å². The maximum Gasteiger partial charge on any atom is 0.251 e. The third-order valence-corrected chi connectivity index (χ3v) is 3.08. The molecule has 0 saturated heterocycles. The summed E-state index contributed by atoms with van der Waals surface area (Å²) in [7, 11) is 0. The Hall–Kier alpha value is -1.46. The molecule has 5 heteroatoms. The zero-order valence-corrected chi connectivity index (χ0v) is 12.5. The Labute approximate surface area is 120 Å². The standard InChI is InChI=1S/C14H16BrN3O/c1-9(2)16-8-12-7-13(19)18-14(17-12)10-4-3-5-11(15)6-10/h3-7,9,16H,8H2,1-2H3,(H,17,18,19). The fourth-order valence-corrected chi connectivity index (χ4v) is 2.08. The van der Waals surface area contributed by atoms with Crippen molar-refractivity contribution in [2.24, 2.45) is 0 Å². The van der Waals surface area contributed by atoms with Gasteiger partial charge < -0.3 is 10.3 Å². The number of benzene rings is 1. The molecule has 0 spiro atoms. The zero-order chi connectivity index (χ0) is 13.8. The van der Waals surface area contributed by atoms with E-state index in [9.17, 15) is 4.79 Å². The van der Waals surface area contributed by atoms with E-state index in [2.05, 4.69) is 45.1 Å². The molecule has 0 fully saturated rings. The number of rotatable bonds is 4. The average molecular weight is 322 g/mol. The number of nitrogens with zero attached hydrogens (tertiary/aromatic N) is 1. The molecule has 0 aliphatic rings. The lowest BCUT2D eigenvalue weighted by atomic mass is 10.2. The summed E-state index contributed by atoms with van der Waals surface area (Å²) in [5.74, 6) is 0.592. The van der Waals surface area contributed by atoms with E-state index in [4.69, 9.17) is 0 Å². The van der Waals surface area contributed by atoms with Gasteiger partial charge in [-0.05, 0) is 12.1 Å². The number of hydrogen-bond acceptors (Lipinski definition) is 3. The lowest BCUT2D eigenvalue weighted by Gasteiger charge is -2.08. The van der Waals surface area contributed by atoms with Crippen LogP contribution in [-0.2, 0) is 6.54 Å². The molecule has 2 N–H and O–H groups in total. The maximum absolute atomic E-state index is 11.7. The third kappa shape index (κ3) is 4.01. The lowest BCUT2D eigenvalue weighted by Crippen LogP contribution is -2.24. The third-order valence-electron chi connectivity index (χ3n) is 2.58. The van der Waals surface area contributed by atoms with Gasteiger partial charge in [-0.3, -0.25) is 4.79 Å². The Morgan fingerprint density at radius 3 is 2.84 bits per heavy atom. The number of H-pyrrole nitrogens is 1. The summed E-state index contributed by atoms with van der Waals surface area (Å²) in [6.07, 6.45) is 0. The summed E-state index contributed by atoms with van der Waals surface area (Å²) < 4.78 is 0.957. The molecule has 0 unspecified atom stereocenters. The molecule has 0 amide bonds. The van der Waals surface area contributed by atoms with E-state index in [1.165, 1.54) is 6.07 Å². The van der Waals surface area contributed by atoms with Crippen LogP contribution in [0.4, 0.5) is 0 Å². The van der Waals surface area contributed by atoms with Crippen LogP contribution >= 0.6 is 15.9 Å². The Kier molecular flexibility index (Phi) is 4.50. The SMILES string of the molecule is CC(C)NCc1cc(=O)[nH]c(-c2cccc(Br)c2)n1. The highest BCUT2D eigenvalue weighted by Crippen LogP contribution is 2.19. The first-order valence-electron chi connectivity index (χ1n) is 6.14. The Morgan fingerprint density at radius 2 is 2.16 bits per heavy atom. The fraction of sp³-hybridized carbons (Fsp3) is 0.286. The van der Waals surface area contributed by atoms with Crippen LogP contribution in [0, 0.1) is 0 Å². The second kappa shape index (κ2) is 6.12. The van der Waals surface area contributed by atoms with E-state index < -0.39 is 0 Å². The minimum absolute atomic E-state index is 0.134. The number of nitrogens with one attached hydrogen (secondary N) is 2. The van der Waals surface area contributed by atoms with Crippen LogP contribution in [-0.4, -0.2) is 16.0 Å². The van der Waals surface area contributed by atoms with Crippen molar-refractivity contribution in [3.63, 3.8) is 0 Å². The zero-order valence-electron chi connectivity index (χ0n) is 10.9. The van der Waals surface area contributed by atoms with Crippen LogP contribution < -0.4 is 10.9 Å².